The van der Waals surface area contributed by atoms with Gasteiger partial charge in [0.2, 0.25) is 15.9 Å². The van der Waals surface area contributed by atoms with Gasteiger partial charge in [0.25, 0.3) is 0 Å². The van der Waals surface area contributed by atoms with Crippen LogP contribution in [0, 0.1) is 0 Å². The van der Waals surface area contributed by atoms with E-state index in [0.29, 0.717) is 5.69 Å². The fourth-order valence-corrected chi connectivity index (χ4v) is 3.79. The number of benzene rings is 1. The number of hydrogen-bond acceptors (Lipinski definition) is 5. The zero-order valence-electron chi connectivity index (χ0n) is 12.0. The third-order valence-corrected chi connectivity index (χ3v) is 5.99. The van der Waals surface area contributed by atoms with Crippen molar-refractivity contribution in [1.29, 1.82) is 0 Å². The molecule has 0 spiro atoms. The highest BCUT2D eigenvalue weighted by molar-refractivity contribution is 7.99. The molecule has 1 aliphatic rings. The van der Waals surface area contributed by atoms with Crippen LogP contribution in [-0.2, 0) is 14.8 Å². The van der Waals surface area contributed by atoms with Gasteiger partial charge in [-0.1, -0.05) is 6.07 Å². The molecule has 1 unspecified atom stereocenters. The molecule has 1 saturated heterocycles. The number of nitrogens with zero attached hydrogens (tertiary/aromatic N) is 1. The molecular weight excluding hydrogens is 310 g/mol. The maximum Gasteiger partial charge on any atom is 0.242 e. The number of hydrogen-bond donors (Lipinski definition) is 2. The Morgan fingerprint density at radius 3 is 2.81 bits per heavy atom. The van der Waals surface area contributed by atoms with Crippen molar-refractivity contribution in [1.82, 2.24) is 9.62 Å². The summed E-state index contributed by atoms with van der Waals surface area (Å²) < 4.78 is 25.3. The molecule has 0 radical (unpaired) electrons. The summed E-state index contributed by atoms with van der Waals surface area (Å²) in [5.74, 6) is 1.59. The van der Waals surface area contributed by atoms with Crippen molar-refractivity contribution in [2.24, 2.45) is 0 Å². The third kappa shape index (κ3) is 3.97. The van der Waals surface area contributed by atoms with E-state index < -0.39 is 10.0 Å². The number of sulfonamides is 1. The standard InChI is InChI=1S/C13H19N3O3S2/c1-16(2)21(18,19)11-5-3-4-10(8-11)15-13(17)12-9-20-7-6-14-12/h3-5,8,12,14H,6-7,9H2,1-2H3,(H,15,17). The molecule has 1 heterocycles. The van der Waals surface area contributed by atoms with E-state index in [9.17, 15) is 13.2 Å². The zero-order valence-corrected chi connectivity index (χ0v) is 13.6. The van der Waals surface area contributed by atoms with Crippen LogP contribution in [0.5, 0.6) is 0 Å². The van der Waals surface area contributed by atoms with Crippen LogP contribution >= 0.6 is 11.8 Å². The van der Waals surface area contributed by atoms with E-state index >= 15 is 0 Å². The Morgan fingerprint density at radius 1 is 1.43 bits per heavy atom. The molecule has 1 amide bonds. The summed E-state index contributed by atoms with van der Waals surface area (Å²) in [5.41, 5.74) is 0.486. The molecule has 116 valence electrons. The lowest BCUT2D eigenvalue weighted by Crippen LogP contribution is -2.46. The van der Waals surface area contributed by atoms with Gasteiger partial charge in [-0.15, -0.1) is 0 Å². The fourth-order valence-electron chi connectivity index (χ4n) is 1.91. The lowest BCUT2D eigenvalue weighted by molar-refractivity contribution is -0.117. The van der Waals surface area contributed by atoms with Crippen molar-refractivity contribution in [3.05, 3.63) is 24.3 Å². The molecule has 0 bridgehead atoms. The molecule has 1 atom stereocenters. The highest BCUT2D eigenvalue weighted by Crippen LogP contribution is 2.18. The summed E-state index contributed by atoms with van der Waals surface area (Å²) in [6.45, 7) is 0.803. The molecule has 0 aromatic heterocycles. The average molecular weight is 329 g/mol. The summed E-state index contributed by atoms with van der Waals surface area (Å²) in [5, 5.41) is 5.91. The number of rotatable bonds is 4. The highest BCUT2D eigenvalue weighted by Gasteiger charge is 2.22. The topological polar surface area (TPSA) is 78.5 Å². The van der Waals surface area contributed by atoms with Crippen LogP contribution in [0.1, 0.15) is 0 Å². The van der Waals surface area contributed by atoms with Crippen LogP contribution in [-0.4, -0.2) is 56.8 Å². The second kappa shape index (κ2) is 6.78. The predicted octanol–water partition coefficient (Wildman–Crippen LogP) is 0.580. The highest BCUT2D eigenvalue weighted by atomic mass is 32.2. The summed E-state index contributed by atoms with van der Waals surface area (Å²) in [6.07, 6.45) is 0. The fraction of sp³-hybridized carbons (Fsp3) is 0.462. The minimum atomic E-state index is -3.50. The Kier molecular flexibility index (Phi) is 5.26. The molecule has 8 heteroatoms. The van der Waals surface area contributed by atoms with Gasteiger partial charge in [0.05, 0.1) is 10.9 Å². The van der Waals surface area contributed by atoms with Gasteiger partial charge in [-0.05, 0) is 18.2 Å². The molecule has 1 aromatic rings. The predicted molar refractivity (Wildman–Crippen MR) is 85.1 cm³/mol. The van der Waals surface area contributed by atoms with Crippen LogP contribution in [0.15, 0.2) is 29.2 Å². The first-order chi connectivity index (χ1) is 9.91. The third-order valence-electron chi connectivity index (χ3n) is 3.12. The molecule has 0 aliphatic carbocycles. The van der Waals surface area contributed by atoms with Crippen LogP contribution in [0.2, 0.25) is 0 Å². The zero-order chi connectivity index (χ0) is 15.5. The van der Waals surface area contributed by atoms with Crippen LogP contribution < -0.4 is 10.6 Å². The van der Waals surface area contributed by atoms with E-state index in [1.54, 1.807) is 23.9 Å². The van der Waals surface area contributed by atoms with E-state index in [2.05, 4.69) is 10.6 Å². The Balaban J connectivity index is 2.13. The molecule has 21 heavy (non-hydrogen) atoms. The molecule has 1 fully saturated rings. The first kappa shape index (κ1) is 16.3. The molecule has 1 aliphatic heterocycles. The van der Waals surface area contributed by atoms with Gasteiger partial charge < -0.3 is 10.6 Å². The smallest absolute Gasteiger partial charge is 0.242 e. The summed E-state index contributed by atoms with van der Waals surface area (Å²) >= 11 is 1.73. The number of nitrogens with one attached hydrogen (secondary N) is 2. The van der Waals surface area contributed by atoms with Gasteiger partial charge in [0, 0.05) is 37.8 Å². The maximum absolute atomic E-state index is 12.1. The van der Waals surface area contributed by atoms with Crippen molar-refractivity contribution in [3.63, 3.8) is 0 Å². The van der Waals surface area contributed by atoms with Crippen molar-refractivity contribution in [3.8, 4) is 0 Å². The lowest BCUT2D eigenvalue weighted by Gasteiger charge is -2.22. The summed E-state index contributed by atoms with van der Waals surface area (Å²) in [7, 11) is -0.546. The van der Waals surface area contributed by atoms with Gasteiger partial charge in [-0.2, -0.15) is 11.8 Å². The van der Waals surface area contributed by atoms with Crippen LogP contribution in [0.3, 0.4) is 0 Å². The van der Waals surface area contributed by atoms with Crippen LogP contribution in [0.25, 0.3) is 0 Å². The minimum absolute atomic E-state index is 0.137. The van der Waals surface area contributed by atoms with E-state index in [-0.39, 0.29) is 16.8 Å². The quantitative estimate of drug-likeness (QED) is 0.845. The first-order valence-corrected chi connectivity index (χ1v) is 9.15. The first-order valence-electron chi connectivity index (χ1n) is 6.56. The van der Waals surface area contributed by atoms with Crippen molar-refractivity contribution < 1.29 is 13.2 Å². The Morgan fingerprint density at radius 2 is 2.19 bits per heavy atom. The monoisotopic (exact) mass is 329 g/mol. The van der Waals surface area contributed by atoms with E-state index in [1.807, 2.05) is 0 Å². The second-order valence-corrected chi connectivity index (χ2v) is 8.19. The lowest BCUT2D eigenvalue weighted by atomic mass is 10.2. The second-order valence-electron chi connectivity index (χ2n) is 4.89. The largest absolute Gasteiger partial charge is 0.325 e. The molecular formula is C13H19N3O3S2. The summed E-state index contributed by atoms with van der Waals surface area (Å²) in [6, 6.07) is 6.05. The molecule has 0 saturated carbocycles. The molecule has 2 rings (SSSR count). The Hall–Kier alpha value is -1.09. The van der Waals surface area contributed by atoms with Gasteiger partial charge in [-0.3, -0.25) is 4.79 Å². The minimum Gasteiger partial charge on any atom is -0.325 e. The van der Waals surface area contributed by atoms with Crippen LogP contribution in [0.4, 0.5) is 5.69 Å². The normalized spacial score (nSPS) is 19.5. The van der Waals surface area contributed by atoms with E-state index in [1.165, 1.54) is 26.2 Å². The number of amides is 1. The molecule has 6 nitrogen and oxygen atoms in total. The van der Waals surface area contributed by atoms with Gasteiger partial charge in [0.1, 0.15) is 0 Å². The van der Waals surface area contributed by atoms with Crippen molar-refractivity contribution in [2.45, 2.75) is 10.9 Å². The van der Waals surface area contributed by atoms with E-state index in [0.717, 1.165) is 22.4 Å². The number of anilines is 1. The molecule has 1 aromatic carbocycles. The SMILES string of the molecule is CN(C)S(=O)(=O)c1cccc(NC(=O)C2CSCCN2)c1. The number of thioether (sulfide) groups is 1. The Labute approximate surface area is 129 Å². The Bertz CT molecular complexity index is 611. The van der Waals surface area contributed by atoms with Gasteiger partial charge in [0.15, 0.2) is 0 Å². The summed E-state index contributed by atoms with van der Waals surface area (Å²) in [4.78, 5) is 12.3. The van der Waals surface area contributed by atoms with Gasteiger partial charge in [-0.25, -0.2) is 12.7 Å². The van der Waals surface area contributed by atoms with E-state index in [4.69, 9.17) is 0 Å². The van der Waals surface area contributed by atoms with Crippen molar-refractivity contribution in [2.75, 3.05) is 37.5 Å². The average Bonchev–Trinajstić information content (AvgIpc) is 2.48. The molecule has 2 N–H and O–H groups in total. The number of carbonyl (C=O) groups is 1. The maximum atomic E-state index is 12.1. The number of carbonyl (C=O) groups excluding carboxylic acids is 1. The van der Waals surface area contributed by atoms with Gasteiger partial charge >= 0.3 is 0 Å². The van der Waals surface area contributed by atoms with Crippen molar-refractivity contribution >= 4 is 33.4 Å².